The summed E-state index contributed by atoms with van der Waals surface area (Å²) in [5.74, 6) is 2.86. The number of anilines is 1. The molecule has 0 bridgehead atoms. The van der Waals surface area contributed by atoms with Gasteiger partial charge in [0.15, 0.2) is 5.75 Å². The Morgan fingerprint density at radius 2 is 2.26 bits per heavy atom. The normalized spacial score (nSPS) is 14.6. The summed E-state index contributed by atoms with van der Waals surface area (Å²) in [4.78, 5) is 8.63. The maximum atomic E-state index is 5.78. The second-order valence-electron chi connectivity index (χ2n) is 4.80. The molecule has 2 N–H and O–H groups in total. The van der Waals surface area contributed by atoms with Gasteiger partial charge in [-0.1, -0.05) is 6.92 Å². The lowest BCUT2D eigenvalue weighted by atomic mass is 10.4. The Balaban J connectivity index is 1.77. The standard InChI is InChI=1S/C13H17N5O/c1-2-5-18-8-10(7-15-18)19-12-6-11(14)16-13(17-12)9-3-4-9/h6-9H,2-5H2,1H3,(H2,14,16,17). The molecule has 3 rings (SSSR count). The van der Waals surface area contributed by atoms with Crippen LogP contribution in [0, 0.1) is 0 Å². The summed E-state index contributed by atoms with van der Waals surface area (Å²) in [6.07, 6.45) is 6.85. The summed E-state index contributed by atoms with van der Waals surface area (Å²) < 4.78 is 7.54. The van der Waals surface area contributed by atoms with Crippen molar-refractivity contribution in [2.75, 3.05) is 5.73 Å². The lowest BCUT2D eigenvalue weighted by molar-refractivity contribution is 0.457. The molecule has 6 heteroatoms. The van der Waals surface area contributed by atoms with Crippen LogP contribution >= 0.6 is 0 Å². The predicted octanol–water partition coefficient (Wildman–Crippen LogP) is 2.33. The molecule has 0 saturated heterocycles. The summed E-state index contributed by atoms with van der Waals surface area (Å²) in [5, 5.41) is 4.21. The third-order valence-corrected chi connectivity index (χ3v) is 2.97. The van der Waals surface area contributed by atoms with Crippen LogP contribution in [-0.2, 0) is 6.54 Å². The van der Waals surface area contributed by atoms with E-state index in [1.807, 2.05) is 10.9 Å². The zero-order valence-corrected chi connectivity index (χ0v) is 10.9. The summed E-state index contributed by atoms with van der Waals surface area (Å²) in [6, 6.07) is 1.64. The smallest absolute Gasteiger partial charge is 0.224 e. The largest absolute Gasteiger partial charge is 0.436 e. The van der Waals surface area contributed by atoms with Gasteiger partial charge in [0.1, 0.15) is 11.6 Å². The Hall–Kier alpha value is -2.11. The highest BCUT2D eigenvalue weighted by molar-refractivity contribution is 5.36. The van der Waals surface area contributed by atoms with Gasteiger partial charge in [0.25, 0.3) is 0 Å². The topological polar surface area (TPSA) is 78.9 Å². The second-order valence-corrected chi connectivity index (χ2v) is 4.80. The number of aryl methyl sites for hydroxylation is 1. The molecule has 1 saturated carbocycles. The number of hydrogen-bond acceptors (Lipinski definition) is 5. The van der Waals surface area contributed by atoms with Crippen molar-refractivity contribution in [1.82, 2.24) is 19.7 Å². The van der Waals surface area contributed by atoms with E-state index in [0.29, 0.717) is 23.4 Å². The summed E-state index contributed by atoms with van der Waals surface area (Å²) in [6.45, 7) is 2.98. The van der Waals surface area contributed by atoms with Crippen molar-refractivity contribution in [3.8, 4) is 11.6 Å². The number of hydrogen-bond donors (Lipinski definition) is 1. The van der Waals surface area contributed by atoms with Crippen LogP contribution in [0.25, 0.3) is 0 Å². The summed E-state index contributed by atoms with van der Waals surface area (Å²) >= 11 is 0. The van der Waals surface area contributed by atoms with Crippen molar-refractivity contribution in [3.63, 3.8) is 0 Å². The molecule has 2 aromatic rings. The number of nitrogens with zero attached hydrogens (tertiary/aromatic N) is 4. The highest BCUT2D eigenvalue weighted by atomic mass is 16.5. The molecule has 2 heterocycles. The molecule has 6 nitrogen and oxygen atoms in total. The third-order valence-electron chi connectivity index (χ3n) is 2.97. The SMILES string of the molecule is CCCn1cc(Oc2cc(N)nc(C3CC3)n2)cn1. The molecule has 0 aliphatic heterocycles. The van der Waals surface area contributed by atoms with E-state index in [-0.39, 0.29) is 0 Å². The highest BCUT2D eigenvalue weighted by Gasteiger charge is 2.27. The Labute approximate surface area is 111 Å². The first kappa shape index (κ1) is 12.0. The first-order valence-corrected chi connectivity index (χ1v) is 6.59. The lowest BCUT2D eigenvalue weighted by Crippen LogP contribution is -2.00. The van der Waals surface area contributed by atoms with E-state index in [9.17, 15) is 0 Å². The van der Waals surface area contributed by atoms with E-state index >= 15 is 0 Å². The molecule has 1 aliphatic carbocycles. The fraction of sp³-hybridized carbons (Fsp3) is 0.462. The molecule has 0 spiro atoms. The molecular formula is C13H17N5O. The van der Waals surface area contributed by atoms with E-state index in [1.54, 1.807) is 12.3 Å². The first-order chi connectivity index (χ1) is 9.24. The fourth-order valence-corrected chi connectivity index (χ4v) is 1.91. The average Bonchev–Trinajstić information content (AvgIpc) is 3.13. The van der Waals surface area contributed by atoms with Crippen LogP contribution in [0.1, 0.15) is 37.9 Å². The Morgan fingerprint density at radius 1 is 1.42 bits per heavy atom. The van der Waals surface area contributed by atoms with Gasteiger partial charge in [-0.3, -0.25) is 4.68 Å². The molecule has 1 fully saturated rings. The molecule has 0 radical (unpaired) electrons. The van der Waals surface area contributed by atoms with Gasteiger partial charge >= 0.3 is 0 Å². The molecule has 1 aliphatic rings. The average molecular weight is 259 g/mol. The van der Waals surface area contributed by atoms with Crippen molar-refractivity contribution in [2.24, 2.45) is 0 Å². The zero-order valence-electron chi connectivity index (χ0n) is 10.9. The number of ether oxygens (including phenoxy) is 1. The van der Waals surface area contributed by atoms with Gasteiger partial charge in [-0.15, -0.1) is 0 Å². The zero-order chi connectivity index (χ0) is 13.2. The fourth-order valence-electron chi connectivity index (χ4n) is 1.91. The molecule has 0 atom stereocenters. The first-order valence-electron chi connectivity index (χ1n) is 6.59. The van der Waals surface area contributed by atoms with Crippen molar-refractivity contribution >= 4 is 5.82 Å². The van der Waals surface area contributed by atoms with Crippen molar-refractivity contribution in [3.05, 3.63) is 24.3 Å². The van der Waals surface area contributed by atoms with Crippen LogP contribution < -0.4 is 10.5 Å². The minimum Gasteiger partial charge on any atom is -0.436 e. The van der Waals surface area contributed by atoms with Crippen molar-refractivity contribution in [2.45, 2.75) is 38.6 Å². The number of rotatable bonds is 5. The van der Waals surface area contributed by atoms with Gasteiger partial charge in [-0.25, -0.2) is 4.98 Å². The quantitative estimate of drug-likeness (QED) is 0.891. The van der Waals surface area contributed by atoms with Crippen LogP contribution in [0.15, 0.2) is 18.5 Å². The van der Waals surface area contributed by atoms with E-state index in [1.165, 1.54) is 0 Å². The maximum absolute atomic E-state index is 5.78. The number of nitrogens with two attached hydrogens (primary N) is 1. The highest BCUT2D eigenvalue weighted by Crippen LogP contribution is 2.39. The maximum Gasteiger partial charge on any atom is 0.224 e. The lowest BCUT2D eigenvalue weighted by Gasteiger charge is -2.05. The Kier molecular flexibility index (Phi) is 3.06. The molecular weight excluding hydrogens is 242 g/mol. The van der Waals surface area contributed by atoms with Crippen LogP contribution in [0.2, 0.25) is 0 Å². The van der Waals surface area contributed by atoms with Crippen molar-refractivity contribution in [1.29, 1.82) is 0 Å². The van der Waals surface area contributed by atoms with Gasteiger partial charge in [0, 0.05) is 18.5 Å². The second kappa shape index (κ2) is 4.87. The van der Waals surface area contributed by atoms with E-state index in [2.05, 4.69) is 22.0 Å². The molecule has 19 heavy (non-hydrogen) atoms. The van der Waals surface area contributed by atoms with Gasteiger partial charge in [0.05, 0.1) is 12.4 Å². The Bertz CT molecular complexity index is 576. The Morgan fingerprint density at radius 3 is 3.00 bits per heavy atom. The third kappa shape index (κ3) is 2.83. The number of nitrogen functional groups attached to an aromatic ring is 1. The van der Waals surface area contributed by atoms with Gasteiger partial charge in [0.2, 0.25) is 5.88 Å². The summed E-state index contributed by atoms with van der Waals surface area (Å²) in [7, 11) is 0. The van der Waals surface area contributed by atoms with Gasteiger partial charge in [-0.05, 0) is 19.3 Å². The molecule has 0 amide bonds. The van der Waals surface area contributed by atoms with Crippen LogP contribution in [-0.4, -0.2) is 19.7 Å². The minimum absolute atomic E-state index is 0.452. The molecule has 2 aromatic heterocycles. The van der Waals surface area contributed by atoms with Crippen LogP contribution in [0.3, 0.4) is 0 Å². The van der Waals surface area contributed by atoms with Gasteiger partial charge < -0.3 is 10.5 Å². The predicted molar refractivity (Wildman–Crippen MR) is 71.0 cm³/mol. The summed E-state index contributed by atoms with van der Waals surface area (Å²) in [5.41, 5.74) is 5.78. The van der Waals surface area contributed by atoms with Crippen LogP contribution in [0.5, 0.6) is 11.6 Å². The van der Waals surface area contributed by atoms with Crippen molar-refractivity contribution < 1.29 is 4.74 Å². The van der Waals surface area contributed by atoms with Crippen LogP contribution in [0.4, 0.5) is 5.82 Å². The monoisotopic (exact) mass is 259 g/mol. The molecule has 100 valence electrons. The van der Waals surface area contributed by atoms with E-state index in [0.717, 1.165) is 31.6 Å². The van der Waals surface area contributed by atoms with E-state index in [4.69, 9.17) is 10.5 Å². The number of aromatic nitrogens is 4. The van der Waals surface area contributed by atoms with E-state index < -0.39 is 0 Å². The molecule has 0 aromatic carbocycles. The minimum atomic E-state index is 0.452. The molecule has 0 unspecified atom stereocenters. The van der Waals surface area contributed by atoms with Gasteiger partial charge in [-0.2, -0.15) is 10.1 Å².